The number of nitriles is 1. The molecule has 0 aliphatic heterocycles. The molecule has 1 aromatic carbocycles. The number of ether oxygens (including phenoxy) is 1. The molecule has 0 saturated carbocycles. The van der Waals surface area contributed by atoms with Gasteiger partial charge in [0.15, 0.2) is 0 Å². The van der Waals surface area contributed by atoms with Crippen LogP contribution < -0.4 is 10.6 Å². The number of aryl methyl sites for hydroxylation is 2. The molecule has 1 aromatic rings. The third-order valence-corrected chi connectivity index (χ3v) is 4.75. The summed E-state index contributed by atoms with van der Waals surface area (Å²) < 4.78 is 5.33. The fourth-order valence-electron chi connectivity index (χ4n) is 3.58. The first-order valence-corrected chi connectivity index (χ1v) is 11.5. The van der Waals surface area contributed by atoms with Gasteiger partial charge in [0, 0.05) is 5.54 Å². The zero-order valence-electron chi connectivity index (χ0n) is 22.2. The Kier molecular flexibility index (Phi) is 9.68. The highest BCUT2D eigenvalue weighted by Crippen LogP contribution is 2.26. The van der Waals surface area contributed by atoms with Gasteiger partial charge in [-0.05, 0) is 66.9 Å². The van der Waals surface area contributed by atoms with E-state index in [1.165, 1.54) is 4.90 Å². The van der Waals surface area contributed by atoms with Crippen molar-refractivity contribution < 1.29 is 19.1 Å². The van der Waals surface area contributed by atoms with Crippen molar-refractivity contribution in [2.24, 2.45) is 5.92 Å². The fourth-order valence-corrected chi connectivity index (χ4v) is 3.58. The van der Waals surface area contributed by atoms with Gasteiger partial charge in [-0.25, -0.2) is 4.79 Å². The Labute approximate surface area is 204 Å². The van der Waals surface area contributed by atoms with E-state index < -0.39 is 41.1 Å². The SMILES string of the molecule is Cc1cc(C)cc(C(C(=O)NC(C)(C)C)N(CC#N)C(=O)C(NC(=O)OC(C)(C)C)C(C)C)c1. The van der Waals surface area contributed by atoms with Crippen molar-refractivity contribution in [2.45, 2.75) is 92.5 Å². The second-order valence-corrected chi connectivity index (χ2v) is 11.1. The molecule has 8 heteroatoms. The van der Waals surface area contributed by atoms with Gasteiger partial charge in [0.1, 0.15) is 24.2 Å². The molecule has 188 valence electrons. The lowest BCUT2D eigenvalue weighted by molar-refractivity contribution is -0.143. The largest absolute Gasteiger partial charge is 0.444 e. The Morgan fingerprint density at radius 2 is 1.56 bits per heavy atom. The molecule has 0 fully saturated rings. The summed E-state index contributed by atoms with van der Waals surface area (Å²) in [6.45, 7) is 17.8. The number of benzene rings is 1. The summed E-state index contributed by atoms with van der Waals surface area (Å²) in [7, 11) is 0. The number of amides is 3. The van der Waals surface area contributed by atoms with Crippen LogP contribution in [0, 0.1) is 31.1 Å². The molecule has 0 aliphatic carbocycles. The number of hydrogen-bond donors (Lipinski definition) is 2. The number of hydrogen-bond acceptors (Lipinski definition) is 5. The fraction of sp³-hybridized carbons (Fsp3) is 0.615. The van der Waals surface area contributed by atoms with Gasteiger partial charge in [0.05, 0.1) is 6.07 Å². The second-order valence-electron chi connectivity index (χ2n) is 11.1. The lowest BCUT2D eigenvalue weighted by Gasteiger charge is -2.35. The van der Waals surface area contributed by atoms with E-state index in [9.17, 15) is 19.6 Å². The first-order chi connectivity index (χ1) is 15.4. The van der Waals surface area contributed by atoms with Crippen LogP contribution in [0.15, 0.2) is 18.2 Å². The van der Waals surface area contributed by atoms with Gasteiger partial charge in [-0.1, -0.05) is 43.2 Å². The van der Waals surface area contributed by atoms with E-state index in [1.54, 1.807) is 34.6 Å². The first-order valence-electron chi connectivity index (χ1n) is 11.5. The Bertz CT molecular complexity index is 915. The van der Waals surface area contributed by atoms with Gasteiger partial charge in [-0.2, -0.15) is 5.26 Å². The quantitative estimate of drug-likeness (QED) is 0.579. The molecule has 0 spiro atoms. The van der Waals surface area contributed by atoms with Crippen LogP contribution in [-0.2, 0) is 14.3 Å². The molecule has 3 amide bonds. The summed E-state index contributed by atoms with van der Waals surface area (Å²) in [5, 5.41) is 15.1. The van der Waals surface area contributed by atoms with E-state index in [-0.39, 0.29) is 12.5 Å². The summed E-state index contributed by atoms with van der Waals surface area (Å²) >= 11 is 0. The van der Waals surface area contributed by atoms with Gasteiger partial charge in [0.25, 0.3) is 0 Å². The van der Waals surface area contributed by atoms with Crippen molar-refractivity contribution in [3.05, 3.63) is 34.9 Å². The van der Waals surface area contributed by atoms with Crippen molar-refractivity contribution in [3.63, 3.8) is 0 Å². The summed E-state index contributed by atoms with van der Waals surface area (Å²) in [5.74, 6) is -1.25. The summed E-state index contributed by atoms with van der Waals surface area (Å²) in [6, 6.07) is 5.62. The summed E-state index contributed by atoms with van der Waals surface area (Å²) in [4.78, 5) is 40.9. The standard InChI is InChI=1S/C26H40N4O4/c1-16(2)20(28-24(33)34-26(8,9)10)23(32)30(12-11-27)21(22(31)29-25(5,6)7)19-14-17(3)13-18(4)15-19/h13-16,20-21H,12H2,1-10H3,(H,28,33)(H,29,31). The molecule has 2 atom stereocenters. The van der Waals surface area contributed by atoms with Gasteiger partial charge < -0.3 is 20.3 Å². The monoisotopic (exact) mass is 472 g/mol. The molecule has 2 N–H and O–H groups in total. The predicted molar refractivity (Wildman–Crippen MR) is 132 cm³/mol. The summed E-state index contributed by atoms with van der Waals surface area (Å²) in [6.07, 6.45) is -0.737. The second kappa shape index (κ2) is 11.4. The number of nitrogens with zero attached hydrogens (tertiary/aromatic N) is 2. The molecule has 0 saturated heterocycles. The Morgan fingerprint density at radius 3 is 1.97 bits per heavy atom. The van der Waals surface area contributed by atoms with Crippen molar-refractivity contribution in [1.29, 1.82) is 5.26 Å². The first kappa shape index (κ1) is 29.0. The van der Waals surface area contributed by atoms with Crippen LogP contribution in [0.5, 0.6) is 0 Å². The molecule has 1 rings (SSSR count). The number of nitrogens with one attached hydrogen (secondary N) is 2. The van der Waals surface area contributed by atoms with E-state index in [0.717, 1.165) is 11.1 Å². The molecule has 2 unspecified atom stereocenters. The van der Waals surface area contributed by atoms with E-state index in [2.05, 4.69) is 10.6 Å². The van der Waals surface area contributed by atoms with Crippen LogP contribution in [0.4, 0.5) is 4.79 Å². The maximum atomic E-state index is 13.8. The molecule has 0 aliphatic rings. The van der Waals surface area contributed by atoms with Crippen LogP contribution in [0.3, 0.4) is 0 Å². The minimum absolute atomic E-state index is 0.313. The predicted octanol–water partition coefficient (Wildman–Crippen LogP) is 4.16. The topological polar surface area (TPSA) is 112 Å². The maximum Gasteiger partial charge on any atom is 0.408 e. The lowest BCUT2D eigenvalue weighted by Crippen LogP contribution is -2.56. The van der Waals surface area contributed by atoms with Gasteiger partial charge in [-0.15, -0.1) is 0 Å². The molecule has 0 radical (unpaired) electrons. The average molecular weight is 473 g/mol. The highest BCUT2D eigenvalue weighted by molar-refractivity contribution is 5.92. The van der Waals surface area contributed by atoms with Crippen molar-refractivity contribution in [2.75, 3.05) is 6.54 Å². The Morgan fingerprint density at radius 1 is 1.03 bits per heavy atom. The van der Waals surface area contributed by atoms with Crippen LogP contribution in [0.2, 0.25) is 0 Å². The van der Waals surface area contributed by atoms with Crippen molar-refractivity contribution in [3.8, 4) is 6.07 Å². The number of carbonyl (C=O) groups is 3. The Balaban J connectivity index is 3.52. The molecule has 8 nitrogen and oxygen atoms in total. The molecule has 0 aromatic heterocycles. The maximum absolute atomic E-state index is 13.8. The molecule has 34 heavy (non-hydrogen) atoms. The molecular weight excluding hydrogens is 432 g/mol. The highest BCUT2D eigenvalue weighted by Gasteiger charge is 2.38. The van der Waals surface area contributed by atoms with Crippen molar-refractivity contribution >= 4 is 17.9 Å². The Hall–Kier alpha value is -3.08. The minimum Gasteiger partial charge on any atom is -0.444 e. The zero-order chi connectivity index (χ0) is 26.4. The minimum atomic E-state index is -1.05. The smallest absolute Gasteiger partial charge is 0.408 e. The van der Waals surface area contributed by atoms with Crippen LogP contribution in [0.1, 0.15) is 78.1 Å². The van der Waals surface area contributed by atoms with Crippen LogP contribution in [-0.4, -0.2) is 46.5 Å². The van der Waals surface area contributed by atoms with E-state index in [4.69, 9.17) is 4.74 Å². The normalized spacial score (nSPS) is 13.5. The number of rotatable bonds is 7. The van der Waals surface area contributed by atoms with Gasteiger partial charge in [0.2, 0.25) is 11.8 Å². The van der Waals surface area contributed by atoms with Crippen LogP contribution in [0.25, 0.3) is 0 Å². The van der Waals surface area contributed by atoms with E-state index in [0.29, 0.717) is 5.56 Å². The highest BCUT2D eigenvalue weighted by atomic mass is 16.6. The van der Waals surface area contributed by atoms with E-state index >= 15 is 0 Å². The van der Waals surface area contributed by atoms with Gasteiger partial charge >= 0.3 is 6.09 Å². The van der Waals surface area contributed by atoms with Crippen LogP contribution >= 0.6 is 0 Å². The third kappa shape index (κ3) is 9.05. The average Bonchev–Trinajstić information content (AvgIpc) is 2.61. The third-order valence-electron chi connectivity index (χ3n) is 4.75. The molecule has 0 heterocycles. The lowest BCUT2D eigenvalue weighted by atomic mass is 9.96. The van der Waals surface area contributed by atoms with Gasteiger partial charge in [-0.3, -0.25) is 9.59 Å². The zero-order valence-corrected chi connectivity index (χ0v) is 22.2. The molecular formula is C26H40N4O4. The van der Waals surface area contributed by atoms with Crippen molar-refractivity contribution in [1.82, 2.24) is 15.5 Å². The van der Waals surface area contributed by atoms with E-state index in [1.807, 2.05) is 58.9 Å². The number of alkyl carbamates (subject to hydrolysis) is 1. The summed E-state index contributed by atoms with van der Waals surface area (Å²) in [5.41, 5.74) is 1.17. The molecule has 0 bridgehead atoms. The number of carbonyl (C=O) groups excluding carboxylic acids is 3.